The molecule has 0 heterocycles. The average Bonchev–Trinajstić information content (AvgIpc) is 2.43. The molecule has 20 heavy (non-hydrogen) atoms. The first kappa shape index (κ1) is 18.9. The summed E-state index contributed by atoms with van der Waals surface area (Å²) in [4.78, 5) is 10.5. The highest BCUT2D eigenvalue weighted by atomic mass is 16.5. The minimum Gasteiger partial charge on any atom is -0.466 e. The van der Waals surface area contributed by atoms with Crippen molar-refractivity contribution in [3.63, 3.8) is 0 Å². The van der Waals surface area contributed by atoms with Crippen molar-refractivity contribution in [1.29, 1.82) is 0 Å². The Morgan fingerprint density at radius 2 is 1.40 bits per heavy atom. The Morgan fingerprint density at radius 3 is 2.00 bits per heavy atom. The van der Waals surface area contributed by atoms with Crippen LogP contribution >= 0.6 is 0 Å². The van der Waals surface area contributed by atoms with Crippen LogP contribution in [0.4, 0.5) is 0 Å². The van der Waals surface area contributed by atoms with Gasteiger partial charge in [-0.3, -0.25) is 4.79 Å². The van der Waals surface area contributed by atoms with Gasteiger partial charge in [-0.1, -0.05) is 69.8 Å². The Morgan fingerprint density at radius 1 is 0.850 bits per heavy atom. The summed E-state index contributed by atoms with van der Waals surface area (Å²) in [7, 11) is 0. The number of carbonyl (C=O) groups is 1. The van der Waals surface area contributed by atoms with Gasteiger partial charge in [-0.05, 0) is 25.7 Å². The Hall–Kier alpha value is -1.05. The van der Waals surface area contributed by atoms with E-state index in [9.17, 15) is 4.79 Å². The molecule has 2 nitrogen and oxygen atoms in total. The van der Waals surface area contributed by atoms with E-state index in [4.69, 9.17) is 4.74 Å². The molecular formula is C18H32O2. The van der Waals surface area contributed by atoms with Crippen LogP contribution in [0.25, 0.3) is 0 Å². The molecule has 0 rings (SSSR count). The summed E-state index contributed by atoms with van der Waals surface area (Å²) in [6.45, 7) is 4.21. The van der Waals surface area contributed by atoms with Crippen molar-refractivity contribution in [2.24, 2.45) is 0 Å². The second-order valence-electron chi connectivity index (χ2n) is 5.22. The maximum Gasteiger partial charge on any atom is 0.302 e. The lowest BCUT2D eigenvalue weighted by atomic mass is 10.1. The molecule has 0 aliphatic heterocycles. The summed E-state index contributed by atoms with van der Waals surface area (Å²) >= 11 is 0. The minimum atomic E-state index is -0.163. The maximum atomic E-state index is 10.5. The molecular weight excluding hydrogens is 248 g/mol. The Labute approximate surface area is 125 Å². The number of hydrogen-bond donors (Lipinski definition) is 0. The molecule has 0 aliphatic carbocycles. The van der Waals surface area contributed by atoms with Crippen molar-refractivity contribution in [3.8, 4) is 0 Å². The minimum absolute atomic E-state index is 0.163. The second-order valence-corrected chi connectivity index (χ2v) is 5.22. The normalized spacial score (nSPS) is 11.5. The van der Waals surface area contributed by atoms with Gasteiger partial charge in [-0.25, -0.2) is 0 Å². The van der Waals surface area contributed by atoms with Crippen LogP contribution in [0, 0.1) is 0 Å². The van der Waals surface area contributed by atoms with E-state index in [2.05, 4.69) is 31.2 Å². The van der Waals surface area contributed by atoms with Gasteiger partial charge in [-0.2, -0.15) is 0 Å². The molecule has 0 aliphatic rings. The van der Waals surface area contributed by atoms with Gasteiger partial charge in [0.25, 0.3) is 0 Å². The summed E-state index contributed by atoms with van der Waals surface area (Å²) in [6.07, 6.45) is 21.2. The van der Waals surface area contributed by atoms with Crippen molar-refractivity contribution in [2.45, 2.75) is 78.1 Å². The molecule has 0 aromatic heterocycles. The van der Waals surface area contributed by atoms with Crippen LogP contribution in [-0.2, 0) is 9.53 Å². The molecule has 0 bridgehead atoms. The Bertz CT molecular complexity index is 267. The monoisotopic (exact) mass is 280 g/mol. The standard InChI is InChI=1S/C18H32O2/c1-3-4-5-6-7-8-9-10-11-12-13-14-15-16-17-20-18(2)19/h4-7H,3,8-17H2,1-2H3/b5-4-,7-6+. The topological polar surface area (TPSA) is 26.3 Å². The van der Waals surface area contributed by atoms with Crippen LogP contribution in [0.15, 0.2) is 24.3 Å². The van der Waals surface area contributed by atoms with E-state index in [1.165, 1.54) is 58.3 Å². The van der Waals surface area contributed by atoms with E-state index in [0.717, 1.165) is 12.8 Å². The number of allylic oxidation sites excluding steroid dienone is 4. The third kappa shape index (κ3) is 16.9. The van der Waals surface area contributed by atoms with Gasteiger partial charge in [0.1, 0.15) is 0 Å². The largest absolute Gasteiger partial charge is 0.466 e. The second kappa shape index (κ2) is 16.0. The molecule has 0 aromatic rings. The zero-order valence-electron chi connectivity index (χ0n) is 13.4. The summed E-state index contributed by atoms with van der Waals surface area (Å²) in [6, 6.07) is 0. The summed E-state index contributed by atoms with van der Waals surface area (Å²) in [5.74, 6) is -0.163. The first-order chi connectivity index (χ1) is 9.77. The molecule has 0 saturated carbocycles. The first-order valence-corrected chi connectivity index (χ1v) is 8.22. The summed E-state index contributed by atoms with van der Waals surface area (Å²) in [5, 5.41) is 0. The van der Waals surface area contributed by atoms with Gasteiger partial charge < -0.3 is 4.74 Å². The van der Waals surface area contributed by atoms with Crippen LogP contribution in [0.5, 0.6) is 0 Å². The molecule has 2 heteroatoms. The van der Waals surface area contributed by atoms with Gasteiger partial charge in [0.15, 0.2) is 0 Å². The third-order valence-corrected chi connectivity index (χ3v) is 3.19. The summed E-state index contributed by atoms with van der Waals surface area (Å²) < 4.78 is 4.90. The molecule has 0 radical (unpaired) electrons. The smallest absolute Gasteiger partial charge is 0.302 e. The third-order valence-electron chi connectivity index (χ3n) is 3.19. The zero-order chi connectivity index (χ0) is 14.9. The van der Waals surface area contributed by atoms with Gasteiger partial charge >= 0.3 is 5.97 Å². The first-order valence-electron chi connectivity index (χ1n) is 8.22. The Kier molecular flexibility index (Phi) is 15.2. The fourth-order valence-electron chi connectivity index (χ4n) is 2.03. The van der Waals surface area contributed by atoms with Crippen molar-refractivity contribution in [2.75, 3.05) is 6.61 Å². The van der Waals surface area contributed by atoms with Crippen LogP contribution in [0.1, 0.15) is 78.1 Å². The quantitative estimate of drug-likeness (QED) is 0.250. The molecule has 0 fully saturated rings. The molecule has 0 spiro atoms. The lowest BCUT2D eigenvalue weighted by molar-refractivity contribution is -0.141. The fourth-order valence-corrected chi connectivity index (χ4v) is 2.03. The fraction of sp³-hybridized carbons (Fsp3) is 0.722. The summed E-state index contributed by atoms with van der Waals surface area (Å²) in [5.41, 5.74) is 0. The van der Waals surface area contributed by atoms with Crippen molar-refractivity contribution >= 4 is 5.97 Å². The predicted octanol–water partition coefficient (Wildman–Crippen LogP) is 5.58. The van der Waals surface area contributed by atoms with Crippen LogP contribution < -0.4 is 0 Å². The van der Waals surface area contributed by atoms with E-state index in [0.29, 0.717) is 6.61 Å². The molecule has 0 amide bonds. The van der Waals surface area contributed by atoms with E-state index in [1.54, 1.807) is 0 Å². The number of ether oxygens (including phenoxy) is 1. The lowest BCUT2D eigenvalue weighted by Crippen LogP contribution is -2.00. The number of unbranched alkanes of at least 4 members (excludes halogenated alkanes) is 8. The van der Waals surface area contributed by atoms with E-state index in [1.807, 2.05) is 0 Å². The van der Waals surface area contributed by atoms with Gasteiger partial charge in [0.05, 0.1) is 6.61 Å². The molecule has 0 unspecified atom stereocenters. The van der Waals surface area contributed by atoms with E-state index < -0.39 is 0 Å². The highest BCUT2D eigenvalue weighted by Gasteiger charge is 1.94. The lowest BCUT2D eigenvalue weighted by Gasteiger charge is -2.02. The molecule has 0 aromatic carbocycles. The van der Waals surface area contributed by atoms with Gasteiger partial charge in [-0.15, -0.1) is 0 Å². The van der Waals surface area contributed by atoms with E-state index in [-0.39, 0.29) is 5.97 Å². The van der Waals surface area contributed by atoms with Crippen molar-refractivity contribution in [3.05, 3.63) is 24.3 Å². The van der Waals surface area contributed by atoms with Crippen LogP contribution in [0.2, 0.25) is 0 Å². The number of carbonyl (C=O) groups excluding carboxylic acids is 1. The van der Waals surface area contributed by atoms with Crippen LogP contribution in [-0.4, -0.2) is 12.6 Å². The zero-order valence-corrected chi connectivity index (χ0v) is 13.4. The maximum absolute atomic E-state index is 10.5. The van der Waals surface area contributed by atoms with E-state index >= 15 is 0 Å². The highest BCUT2D eigenvalue weighted by Crippen LogP contribution is 2.10. The number of rotatable bonds is 13. The predicted molar refractivity (Wildman–Crippen MR) is 86.8 cm³/mol. The number of hydrogen-bond acceptors (Lipinski definition) is 2. The molecule has 0 atom stereocenters. The highest BCUT2D eigenvalue weighted by molar-refractivity contribution is 5.65. The molecule has 0 saturated heterocycles. The van der Waals surface area contributed by atoms with Crippen molar-refractivity contribution < 1.29 is 9.53 Å². The Balaban J connectivity index is 3.08. The van der Waals surface area contributed by atoms with Gasteiger partial charge in [0, 0.05) is 6.92 Å². The average molecular weight is 280 g/mol. The SMILES string of the molecule is CC/C=C\C=C\CCCCCCCCCCOC(C)=O. The molecule has 0 N–H and O–H groups in total. The van der Waals surface area contributed by atoms with Gasteiger partial charge in [0.2, 0.25) is 0 Å². The van der Waals surface area contributed by atoms with Crippen LogP contribution in [0.3, 0.4) is 0 Å². The molecule has 116 valence electrons. The number of esters is 1. The van der Waals surface area contributed by atoms with Crippen molar-refractivity contribution in [1.82, 2.24) is 0 Å².